The van der Waals surface area contributed by atoms with E-state index in [0.29, 0.717) is 13.0 Å². The molecule has 2 saturated heterocycles. The highest BCUT2D eigenvalue weighted by molar-refractivity contribution is 5.78. The number of cyclic esters (lactones) is 1. The van der Waals surface area contributed by atoms with Gasteiger partial charge in [0.25, 0.3) is 0 Å². The molecule has 1 N–H and O–H groups in total. The Morgan fingerprint density at radius 3 is 2.85 bits per heavy atom. The van der Waals surface area contributed by atoms with E-state index in [-0.39, 0.29) is 29.2 Å². The topological polar surface area (TPSA) is 68.3 Å². The van der Waals surface area contributed by atoms with Gasteiger partial charge < -0.3 is 19.3 Å². The van der Waals surface area contributed by atoms with Gasteiger partial charge >= 0.3 is 5.97 Å². The number of hydrogen-bond donors (Lipinski definition) is 1. The van der Waals surface area contributed by atoms with Crippen molar-refractivity contribution in [3.63, 3.8) is 0 Å². The maximum Gasteiger partial charge on any atom is 0.314 e. The van der Waals surface area contributed by atoms with E-state index in [2.05, 4.69) is 6.58 Å². The van der Waals surface area contributed by atoms with Crippen LogP contribution < -0.4 is 0 Å². The summed E-state index contributed by atoms with van der Waals surface area (Å²) in [5.74, 6) is -0.590. The summed E-state index contributed by atoms with van der Waals surface area (Å²) in [5, 5.41) is 10.4. The quantitative estimate of drug-likeness (QED) is 0.475. The molecule has 2 heterocycles. The second-order valence-electron chi connectivity index (χ2n) is 8.42. The highest BCUT2D eigenvalue weighted by Crippen LogP contribution is 2.49. The molecule has 5 atom stereocenters. The molecule has 5 unspecified atom stereocenters. The molecule has 5 nitrogen and oxygen atoms in total. The van der Waals surface area contributed by atoms with Gasteiger partial charge in [0, 0.05) is 13.0 Å². The first-order chi connectivity index (χ1) is 12.2. The Balaban J connectivity index is 1.86. The van der Waals surface area contributed by atoms with Crippen molar-refractivity contribution in [2.45, 2.75) is 63.4 Å². The van der Waals surface area contributed by atoms with Crippen molar-refractivity contribution in [3.05, 3.63) is 36.0 Å². The van der Waals surface area contributed by atoms with Gasteiger partial charge in [-0.2, -0.15) is 0 Å². The SMILES string of the molecule is C=C1CC(O)C2OC2(C)CCC2C(=CC=CC(C)(C)OC)COC(=O)C12. The fourth-order valence-corrected chi connectivity index (χ4v) is 4.06. The van der Waals surface area contributed by atoms with Gasteiger partial charge in [0.15, 0.2) is 0 Å². The van der Waals surface area contributed by atoms with Crippen molar-refractivity contribution in [2.24, 2.45) is 11.8 Å². The van der Waals surface area contributed by atoms with Crippen molar-refractivity contribution in [2.75, 3.05) is 13.7 Å². The van der Waals surface area contributed by atoms with Gasteiger partial charge in [0.05, 0.1) is 23.2 Å². The smallest absolute Gasteiger partial charge is 0.314 e. The molecule has 2 aliphatic heterocycles. The first kappa shape index (κ1) is 19.3. The molecule has 3 aliphatic rings. The summed E-state index contributed by atoms with van der Waals surface area (Å²) in [6.45, 7) is 10.4. The van der Waals surface area contributed by atoms with Crippen LogP contribution in [0.15, 0.2) is 36.0 Å². The zero-order valence-electron chi connectivity index (χ0n) is 16.2. The lowest BCUT2D eigenvalue weighted by molar-refractivity contribution is -0.151. The van der Waals surface area contributed by atoms with Crippen LogP contribution in [-0.4, -0.2) is 48.2 Å². The fourth-order valence-electron chi connectivity index (χ4n) is 4.06. The molecule has 3 rings (SSSR count). The summed E-state index contributed by atoms with van der Waals surface area (Å²) < 4.78 is 16.6. The molecular formula is C21H30O5. The number of aliphatic hydroxyl groups is 1. The van der Waals surface area contributed by atoms with Gasteiger partial charge in [-0.05, 0) is 45.6 Å². The Morgan fingerprint density at radius 1 is 1.42 bits per heavy atom. The number of rotatable bonds is 3. The van der Waals surface area contributed by atoms with Crippen LogP contribution in [0.5, 0.6) is 0 Å². The van der Waals surface area contributed by atoms with Gasteiger partial charge in [-0.15, -0.1) is 0 Å². The molecule has 0 aromatic carbocycles. The van der Waals surface area contributed by atoms with Crippen LogP contribution in [0, 0.1) is 11.8 Å². The van der Waals surface area contributed by atoms with Crippen molar-refractivity contribution >= 4 is 5.97 Å². The highest BCUT2D eigenvalue weighted by atomic mass is 16.6. The Kier molecular flexibility index (Phi) is 5.17. The summed E-state index contributed by atoms with van der Waals surface area (Å²) in [5.41, 5.74) is 1.17. The summed E-state index contributed by atoms with van der Waals surface area (Å²) in [6, 6.07) is 0. The molecule has 144 valence electrons. The molecule has 0 radical (unpaired) electrons. The van der Waals surface area contributed by atoms with E-state index >= 15 is 0 Å². The molecule has 0 spiro atoms. The van der Waals surface area contributed by atoms with E-state index < -0.39 is 12.0 Å². The van der Waals surface area contributed by atoms with Gasteiger partial charge in [0.2, 0.25) is 0 Å². The second kappa shape index (κ2) is 6.95. The zero-order chi connectivity index (χ0) is 19.1. The Morgan fingerprint density at radius 2 is 2.15 bits per heavy atom. The maximum absolute atomic E-state index is 12.5. The number of methoxy groups -OCH3 is 1. The second-order valence-corrected chi connectivity index (χ2v) is 8.42. The average Bonchev–Trinajstić information content (AvgIpc) is 3.25. The van der Waals surface area contributed by atoms with E-state index in [0.717, 1.165) is 24.0 Å². The minimum absolute atomic E-state index is 0.0334. The van der Waals surface area contributed by atoms with Crippen LogP contribution >= 0.6 is 0 Å². The molecule has 0 bridgehead atoms. The maximum atomic E-state index is 12.5. The fraction of sp³-hybridized carbons (Fsp3) is 0.667. The molecule has 1 aliphatic carbocycles. The third-order valence-electron chi connectivity index (χ3n) is 6.00. The van der Waals surface area contributed by atoms with Crippen molar-refractivity contribution in [3.8, 4) is 0 Å². The molecule has 0 amide bonds. The van der Waals surface area contributed by atoms with Crippen LogP contribution in [0.1, 0.15) is 40.0 Å². The number of epoxide rings is 1. The van der Waals surface area contributed by atoms with E-state index in [1.807, 2.05) is 39.0 Å². The van der Waals surface area contributed by atoms with Gasteiger partial charge in [-0.25, -0.2) is 0 Å². The first-order valence-corrected chi connectivity index (χ1v) is 9.30. The van der Waals surface area contributed by atoms with Crippen LogP contribution in [0.2, 0.25) is 0 Å². The predicted octanol–water partition coefficient (Wildman–Crippen LogP) is 2.94. The lowest BCUT2D eigenvalue weighted by Gasteiger charge is -2.34. The first-order valence-electron chi connectivity index (χ1n) is 9.30. The number of hydrogen-bond acceptors (Lipinski definition) is 5. The Hall–Kier alpha value is -1.43. The highest BCUT2D eigenvalue weighted by Gasteiger charge is 2.57. The number of allylic oxidation sites excluding steroid dienone is 2. The molecule has 3 fully saturated rings. The van der Waals surface area contributed by atoms with E-state index in [1.165, 1.54) is 0 Å². The van der Waals surface area contributed by atoms with E-state index in [9.17, 15) is 9.90 Å². The van der Waals surface area contributed by atoms with Gasteiger partial charge in [-0.3, -0.25) is 4.79 Å². The molecule has 1 saturated carbocycles. The number of fused-ring (bicyclic) bond motifs is 2. The average molecular weight is 362 g/mol. The van der Waals surface area contributed by atoms with E-state index in [4.69, 9.17) is 14.2 Å². The van der Waals surface area contributed by atoms with Crippen molar-refractivity contribution in [1.82, 2.24) is 0 Å². The largest absolute Gasteiger partial charge is 0.461 e. The summed E-state index contributed by atoms with van der Waals surface area (Å²) in [7, 11) is 1.68. The van der Waals surface area contributed by atoms with Crippen molar-refractivity contribution < 1.29 is 24.1 Å². The number of aliphatic hydroxyl groups excluding tert-OH is 1. The minimum Gasteiger partial charge on any atom is -0.461 e. The Bertz CT molecular complexity index is 647. The molecular weight excluding hydrogens is 332 g/mol. The zero-order valence-corrected chi connectivity index (χ0v) is 16.2. The normalized spacial score (nSPS) is 39.7. The van der Waals surface area contributed by atoms with Crippen LogP contribution in [0.4, 0.5) is 0 Å². The van der Waals surface area contributed by atoms with Gasteiger partial charge in [-0.1, -0.05) is 30.4 Å². The minimum atomic E-state index is -0.615. The standard InChI is InChI=1S/C21H30O5/c1-13-11-16(22)18-21(4,26-18)10-8-15-14(12-25-19(23)17(13)15)7-6-9-20(2,3)24-5/h6-7,9,15-18,22H,1,8,10-12H2,2-5H3. The van der Waals surface area contributed by atoms with Crippen LogP contribution in [-0.2, 0) is 19.0 Å². The monoisotopic (exact) mass is 362 g/mol. The third kappa shape index (κ3) is 3.80. The number of ether oxygens (including phenoxy) is 3. The predicted molar refractivity (Wildman–Crippen MR) is 98.5 cm³/mol. The summed E-state index contributed by atoms with van der Waals surface area (Å²) >= 11 is 0. The van der Waals surface area contributed by atoms with Crippen LogP contribution in [0.3, 0.4) is 0 Å². The number of carbonyl (C=O) groups is 1. The van der Waals surface area contributed by atoms with E-state index in [1.54, 1.807) is 7.11 Å². The molecule has 5 heteroatoms. The summed E-state index contributed by atoms with van der Waals surface area (Å²) in [4.78, 5) is 12.5. The lowest BCUT2D eigenvalue weighted by atomic mass is 9.76. The lowest BCUT2D eigenvalue weighted by Crippen LogP contribution is -2.36. The Labute approximate surface area is 155 Å². The molecule has 0 aromatic heterocycles. The third-order valence-corrected chi connectivity index (χ3v) is 6.00. The number of carbonyl (C=O) groups excluding carboxylic acids is 1. The van der Waals surface area contributed by atoms with Crippen LogP contribution in [0.25, 0.3) is 0 Å². The molecule has 0 aromatic rings. The summed E-state index contributed by atoms with van der Waals surface area (Å²) in [6.07, 6.45) is 7.20. The van der Waals surface area contributed by atoms with Crippen molar-refractivity contribution in [1.29, 1.82) is 0 Å². The van der Waals surface area contributed by atoms with Gasteiger partial charge in [0.1, 0.15) is 12.7 Å². The number of esters is 1. The molecule has 26 heavy (non-hydrogen) atoms.